The summed E-state index contributed by atoms with van der Waals surface area (Å²) in [5.74, 6) is 0.255. The number of benzene rings is 1. The lowest BCUT2D eigenvalue weighted by Crippen LogP contribution is -2.42. The fourth-order valence-corrected chi connectivity index (χ4v) is 5.04. The molecule has 1 unspecified atom stereocenters. The van der Waals surface area contributed by atoms with E-state index in [1.807, 2.05) is 7.05 Å². The number of rotatable bonds is 5. The third kappa shape index (κ3) is 3.80. The molecule has 26 heavy (non-hydrogen) atoms. The van der Waals surface area contributed by atoms with Crippen molar-refractivity contribution in [3.63, 3.8) is 0 Å². The van der Waals surface area contributed by atoms with Crippen molar-refractivity contribution in [2.45, 2.75) is 17.7 Å². The van der Waals surface area contributed by atoms with Gasteiger partial charge in [-0.3, -0.25) is 15.1 Å². The Balaban J connectivity index is 0.00000243. The van der Waals surface area contributed by atoms with Gasteiger partial charge in [-0.15, -0.1) is 12.4 Å². The summed E-state index contributed by atoms with van der Waals surface area (Å²) in [5, 5.41) is 14.5. The number of sulfonamides is 1. The van der Waals surface area contributed by atoms with Gasteiger partial charge in [-0.1, -0.05) is 0 Å². The highest BCUT2D eigenvalue weighted by Crippen LogP contribution is 2.32. The van der Waals surface area contributed by atoms with Crippen LogP contribution >= 0.6 is 12.4 Å². The van der Waals surface area contributed by atoms with Crippen LogP contribution in [0.5, 0.6) is 0 Å². The van der Waals surface area contributed by atoms with Gasteiger partial charge in [0.1, 0.15) is 4.90 Å². The van der Waals surface area contributed by atoms with Crippen LogP contribution in [0.25, 0.3) is 10.9 Å². The fourth-order valence-electron chi connectivity index (χ4n) is 3.34. The highest BCUT2D eigenvalue weighted by atomic mass is 35.5. The topological polar surface area (TPSA) is 105 Å². The lowest BCUT2D eigenvalue weighted by molar-refractivity contribution is -0.383. The fraction of sp³-hybridized carbons (Fsp3) is 0.438. The molecule has 1 aromatic carbocycles. The van der Waals surface area contributed by atoms with E-state index in [0.29, 0.717) is 13.1 Å². The summed E-state index contributed by atoms with van der Waals surface area (Å²) in [7, 11) is -1.91. The first kappa shape index (κ1) is 20.5. The molecule has 2 aromatic rings. The van der Waals surface area contributed by atoms with Crippen molar-refractivity contribution in [1.29, 1.82) is 0 Å². The molecule has 0 bridgehead atoms. The van der Waals surface area contributed by atoms with Gasteiger partial charge in [-0.25, -0.2) is 8.42 Å². The number of nitro groups is 1. The Morgan fingerprint density at radius 2 is 2.15 bits per heavy atom. The highest BCUT2D eigenvalue weighted by Gasteiger charge is 2.32. The van der Waals surface area contributed by atoms with Crippen LogP contribution in [0.3, 0.4) is 0 Å². The number of nitrogens with one attached hydrogen (secondary N) is 1. The number of nitrogens with zero attached hydrogens (tertiary/aromatic N) is 3. The molecule has 0 spiro atoms. The second-order valence-corrected chi connectivity index (χ2v) is 8.07. The number of aromatic nitrogens is 1. The zero-order valence-electron chi connectivity index (χ0n) is 14.3. The van der Waals surface area contributed by atoms with Crippen molar-refractivity contribution in [2.75, 3.05) is 26.7 Å². The molecule has 0 amide bonds. The number of piperidine rings is 1. The summed E-state index contributed by atoms with van der Waals surface area (Å²) >= 11 is 0. The van der Waals surface area contributed by atoms with Gasteiger partial charge in [0.05, 0.1) is 15.8 Å². The van der Waals surface area contributed by atoms with E-state index in [1.165, 1.54) is 28.7 Å². The van der Waals surface area contributed by atoms with Crippen molar-refractivity contribution >= 4 is 39.0 Å². The van der Waals surface area contributed by atoms with Gasteiger partial charge in [0.2, 0.25) is 10.0 Å². The largest absolute Gasteiger partial charge is 0.319 e. The molecule has 1 saturated heterocycles. The summed E-state index contributed by atoms with van der Waals surface area (Å²) in [5.41, 5.74) is 0.00111. The number of hydrogen-bond acceptors (Lipinski definition) is 6. The smallest absolute Gasteiger partial charge is 0.278 e. The summed E-state index contributed by atoms with van der Waals surface area (Å²) in [6, 6.07) is 5.63. The highest BCUT2D eigenvalue weighted by molar-refractivity contribution is 7.89. The van der Waals surface area contributed by atoms with Gasteiger partial charge in [0, 0.05) is 25.4 Å². The molecule has 0 radical (unpaired) electrons. The van der Waals surface area contributed by atoms with Crippen LogP contribution in [0, 0.1) is 16.0 Å². The van der Waals surface area contributed by atoms with Crippen molar-refractivity contribution < 1.29 is 13.3 Å². The maximum Gasteiger partial charge on any atom is 0.278 e. The van der Waals surface area contributed by atoms with E-state index in [4.69, 9.17) is 0 Å². The number of pyridine rings is 1. The molecule has 2 heterocycles. The molecule has 1 aliphatic heterocycles. The monoisotopic (exact) mass is 400 g/mol. The van der Waals surface area contributed by atoms with Crippen molar-refractivity contribution in [1.82, 2.24) is 14.6 Å². The molecule has 3 rings (SSSR count). The van der Waals surface area contributed by atoms with Gasteiger partial charge in [-0.2, -0.15) is 4.31 Å². The predicted octanol–water partition coefficient (Wildman–Crippen LogP) is 2.18. The Bertz CT molecular complexity index is 904. The molecule has 8 nitrogen and oxygen atoms in total. The number of halogens is 1. The third-order valence-electron chi connectivity index (χ3n) is 4.50. The first-order valence-corrected chi connectivity index (χ1v) is 9.56. The van der Waals surface area contributed by atoms with Crippen molar-refractivity contribution in [3.8, 4) is 0 Å². The van der Waals surface area contributed by atoms with E-state index in [1.54, 1.807) is 6.07 Å². The first-order chi connectivity index (χ1) is 11.9. The second kappa shape index (κ2) is 8.26. The average Bonchev–Trinajstić information content (AvgIpc) is 2.61. The predicted molar refractivity (Wildman–Crippen MR) is 101 cm³/mol. The molecule has 10 heteroatoms. The average molecular weight is 401 g/mol. The number of hydrogen-bond donors (Lipinski definition) is 1. The minimum atomic E-state index is -3.76. The Morgan fingerprint density at radius 1 is 1.38 bits per heavy atom. The van der Waals surface area contributed by atoms with Crippen LogP contribution in [0.15, 0.2) is 35.4 Å². The van der Waals surface area contributed by atoms with Gasteiger partial charge >= 0.3 is 0 Å². The van der Waals surface area contributed by atoms with E-state index in [-0.39, 0.29) is 39.8 Å². The minimum absolute atomic E-state index is 0. The number of non-ortho nitro benzene ring substituents is 1. The van der Waals surface area contributed by atoms with Crippen LogP contribution in [-0.2, 0) is 10.0 Å². The normalized spacial score (nSPS) is 18.4. The van der Waals surface area contributed by atoms with Crippen molar-refractivity contribution in [3.05, 3.63) is 40.6 Å². The molecule has 1 atom stereocenters. The van der Waals surface area contributed by atoms with Crippen LogP contribution in [-0.4, -0.2) is 49.3 Å². The summed E-state index contributed by atoms with van der Waals surface area (Å²) in [4.78, 5) is 14.8. The Labute approximate surface area is 158 Å². The molecule has 142 valence electrons. The van der Waals surface area contributed by atoms with Crippen LogP contribution in [0.4, 0.5) is 5.69 Å². The van der Waals surface area contributed by atoms with Crippen LogP contribution < -0.4 is 5.32 Å². The minimum Gasteiger partial charge on any atom is -0.319 e. The van der Waals surface area contributed by atoms with Gasteiger partial charge in [0.25, 0.3) is 5.69 Å². The Kier molecular flexibility index (Phi) is 6.51. The molecule has 0 aliphatic carbocycles. The number of nitro benzene ring substituents is 1. The standard InChI is InChI=1S/C16H20N4O4S.ClH/c1-17-10-12-4-3-9-19(11-12)25(23,24)15-7-6-14(20(21)22)13-5-2-8-18-16(13)15;/h2,5-8,12,17H,3-4,9-11H2,1H3;1H. The first-order valence-electron chi connectivity index (χ1n) is 8.12. The van der Waals surface area contributed by atoms with Crippen LogP contribution in [0.2, 0.25) is 0 Å². The number of fused-ring (bicyclic) bond motifs is 1. The lowest BCUT2D eigenvalue weighted by atomic mass is 10.00. The van der Waals surface area contributed by atoms with Gasteiger partial charge in [0.15, 0.2) is 0 Å². The van der Waals surface area contributed by atoms with E-state index in [2.05, 4.69) is 10.3 Å². The molecular formula is C16H21ClN4O4S. The second-order valence-electron chi connectivity index (χ2n) is 6.17. The molecule has 1 fully saturated rings. The molecule has 1 aromatic heterocycles. The maximum absolute atomic E-state index is 13.1. The third-order valence-corrected chi connectivity index (χ3v) is 6.40. The summed E-state index contributed by atoms with van der Waals surface area (Å²) in [6.45, 7) is 1.65. The van der Waals surface area contributed by atoms with Gasteiger partial charge in [-0.05, 0) is 50.6 Å². The van der Waals surface area contributed by atoms with Gasteiger partial charge < -0.3 is 5.32 Å². The molecule has 1 N–H and O–H groups in total. The van der Waals surface area contributed by atoms with E-state index in [0.717, 1.165) is 19.4 Å². The maximum atomic E-state index is 13.1. The quantitative estimate of drug-likeness (QED) is 0.609. The zero-order chi connectivity index (χ0) is 18.0. The van der Waals surface area contributed by atoms with E-state index < -0.39 is 14.9 Å². The molecule has 0 saturated carbocycles. The lowest BCUT2D eigenvalue weighted by Gasteiger charge is -2.32. The SMILES string of the molecule is CNCC1CCCN(S(=O)(=O)c2ccc([N+](=O)[O-])c3cccnc23)C1.Cl. The van der Waals surface area contributed by atoms with E-state index >= 15 is 0 Å². The van der Waals surface area contributed by atoms with Crippen LogP contribution in [0.1, 0.15) is 12.8 Å². The molecular weight excluding hydrogens is 380 g/mol. The Morgan fingerprint density at radius 3 is 2.85 bits per heavy atom. The van der Waals surface area contributed by atoms with E-state index in [9.17, 15) is 18.5 Å². The summed E-state index contributed by atoms with van der Waals surface area (Å²) in [6.07, 6.45) is 3.22. The molecule has 1 aliphatic rings. The van der Waals surface area contributed by atoms with Crippen molar-refractivity contribution in [2.24, 2.45) is 5.92 Å². The summed E-state index contributed by atoms with van der Waals surface area (Å²) < 4.78 is 27.7. The Hall–Kier alpha value is -1.81. The zero-order valence-corrected chi connectivity index (χ0v) is 15.9.